The highest BCUT2D eigenvalue weighted by Crippen LogP contribution is 2.31. The van der Waals surface area contributed by atoms with Crippen molar-refractivity contribution in [3.05, 3.63) is 59.2 Å². The van der Waals surface area contributed by atoms with E-state index in [0.717, 1.165) is 4.90 Å². The lowest BCUT2D eigenvalue weighted by molar-refractivity contribution is -0.131. The third kappa shape index (κ3) is 4.09. The van der Waals surface area contributed by atoms with E-state index in [1.54, 1.807) is 13.8 Å². The number of anilines is 2. The van der Waals surface area contributed by atoms with E-state index in [1.165, 1.54) is 50.5 Å². The van der Waals surface area contributed by atoms with Crippen molar-refractivity contribution in [2.24, 2.45) is 10.7 Å². The van der Waals surface area contributed by atoms with Crippen LogP contribution in [0, 0.1) is 23.0 Å². The predicted octanol–water partition coefficient (Wildman–Crippen LogP) is 3.26. The van der Waals surface area contributed by atoms with Crippen LogP contribution in [-0.4, -0.2) is 30.9 Å². The summed E-state index contributed by atoms with van der Waals surface area (Å²) in [6.07, 6.45) is 0. The van der Waals surface area contributed by atoms with E-state index in [-0.39, 0.29) is 22.8 Å². The van der Waals surface area contributed by atoms with E-state index in [2.05, 4.69) is 10.3 Å². The number of benzene rings is 2. The zero-order valence-electron chi connectivity index (χ0n) is 16.0. The zero-order valence-corrected chi connectivity index (χ0v) is 16.0. The summed E-state index contributed by atoms with van der Waals surface area (Å²) >= 11 is 0. The van der Waals surface area contributed by atoms with Crippen LogP contribution in [0.25, 0.3) is 0 Å². The Morgan fingerprint density at radius 2 is 1.86 bits per heavy atom. The van der Waals surface area contributed by atoms with Crippen LogP contribution in [0.5, 0.6) is 0 Å². The van der Waals surface area contributed by atoms with Gasteiger partial charge in [-0.25, -0.2) is 8.78 Å². The first-order valence-corrected chi connectivity index (χ1v) is 8.39. The lowest BCUT2D eigenvalue weighted by Crippen LogP contribution is -2.47. The lowest BCUT2D eigenvalue weighted by Gasteiger charge is -2.29. The molecule has 2 aromatic rings. The van der Waals surface area contributed by atoms with E-state index in [0.29, 0.717) is 5.69 Å². The Kier molecular flexibility index (Phi) is 5.99. The Balaban J connectivity index is 2.43. The molecule has 0 heterocycles. The minimum atomic E-state index is -1.26. The van der Waals surface area contributed by atoms with Crippen LogP contribution < -0.4 is 11.1 Å². The number of hydrogen-bond acceptors (Lipinski definition) is 4. The van der Waals surface area contributed by atoms with Gasteiger partial charge in [-0.2, -0.15) is 5.26 Å². The summed E-state index contributed by atoms with van der Waals surface area (Å²) in [5, 5.41) is 11.8. The number of nitrogens with two attached hydrogens (primary N) is 1. The molecule has 0 aliphatic heterocycles. The van der Waals surface area contributed by atoms with Crippen LogP contribution in [0.2, 0.25) is 0 Å². The molecule has 0 atom stereocenters. The second kappa shape index (κ2) is 8.05. The number of hydrogen-bond donors (Lipinski definition) is 2. The van der Waals surface area contributed by atoms with Gasteiger partial charge in [-0.3, -0.25) is 14.7 Å². The molecule has 8 heteroatoms. The minimum absolute atomic E-state index is 0.00292. The number of carbonyl (C=O) groups is 1. The summed E-state index contributed by atoms with van der Waals surface area (Å²) in [6, 6.07) is 9.84. The molecule has 3 N–H and O–H groups in total. The van der Waals surface area contributed by atoms with Gasteiger partial charge in [0.2, 0.25) is 5.91 Å². The summed E-state index contributed by atoms with van der Waals surface area (Å²) in [5.41, 5.74) is 5.24. The number of nitrogens with one attached hydrogen (secondary N) is 1. The molecule has 0 spiro atoms. The fraction of sp³-hybridized carbons (Fsp3) is 0.250. The first kappa shape index (κ1) is 20.8. The minimum Gasteiger partial charge on any atom is -0.369 e. The summed E-state index contributed by atoms with van der Waals surface area (Å²) in [7, 11) is 2.90. The van der Waals surface area contributed by atoms with Crippen molar-refractivity contribution in [1.29, 1.82) is 5.26 Å². The average molecular weight is 385 g/mol. The summed E-state index contributed by atoms with van der Waals surface area (Å²) in [5.74, 6) is -1.60. The highest BCUT2D eigenvalue weighted by molar-refractivity contribution is 6.00. The molecular formula is C20H21F2N5O. The van der Waals surface area contributed by atoms with E-state index in [1.807, 2.05) is 6.07 Å². The number of aliphatic imine (C=N–C) groups is 1. The van der Waals surface area contributed by atoms with Crippen LogP contribution in [0.15, 0.2) is 41.4 Å². The normalized spacial score (nSPS) is 11.7. The van der Waals surface area contributed by atoms with Gasteiger partial charge < -0.3 is 11.1 Å². The summed E-state index contributed by atoms with van der Waals surface area (Å²) in [6.45, 7) is 3.13. The average Bonchev–Trinajstić information content (AvgIpc) is 2.68. The topological polar surface area (TPSA) is 94.5 Å². The van der Waals surface area contributed by atoms with Crippen LogP contribution in [-0.2, 0) is 10.2 Å². The number of rotatable bonds is 4. The van der Waals surface area contributed by atoms with Gasteiger partial charge >= 0.3 is 0 Å². The molecule has 0 bridgehead atoms. The van der Waals surface area contributed by atoms with Crippen molar-refractivity contribution < 1.29 is 13.6 Å². The third-order valence-corrected chi connectivity index (χ3v) is 4.43. The number of guanidine groups is 1. The van der Waals surface area contributed by atoms with Crippen LogP contribution in [0.4, 0.5) is 20.2 Å². The maximum atomic E-state index is 14.5. The van der Waals surface area contributed by atoms with Gasteiger partial charge in [-0.1, -0.05) is 0 Å². The highest BCUT2D eigenvalue weighted by atomic mass is 19.1. The van der Waals surface area contributed by atoms with Gasteiger partial charge in [-0.15, -0.1) is 0 Å². The molecule has 146 valence electrons. The SMILES string of the molecule is CN=C(N)N(C)C(=O)C(C)(C)c1cc(Nc2cc(C#N)ccc2F)ccc1F. The molecule has 0 aliphatic carbocycles. The number of nitrogens with zero attached hydrogens (tertiary/aromatic N) is 3. The molecule has 0 fully saturated rings. The summed E-state index contributed by atoms with van der Waals surface area (Å²) in [4.78, 5) is 17.7. The standard InChI is InChI=1S/C20H21F2N5O/c1-20(2,18(28)27(4)19(24)25-3)14-10-13(6-8-15(14)21)26-17-9-12(11-23)5-7-16(17)22/h5-10,26H,1-4H3,(H2,24,25). The quantitative estimate of drug-likeness (QED) is 0.624. The molecule has 2 aromatic carbocycles. The Bertz CT molecular complexity index is 979. The van der Waals surface area contributed by atoms with E-state index in [4.69, 9.17) is 11.0 Å². The summed E-state index contributed by atoms with van der Waals surface area (Å²) < 4.78 is 28.6. The van der Waals surface area contributed by atoms with E-state index < -0.39 is 23.0 Å². The van der Waals surface area contributed by atoms with Gasteiger partial charge in [0.25, 0.3) is 0 Å². The van der Waals surface area contributed by atoms with E-state index in [9.17, 15) is 13.6 Å². The van der Waals surface area contributed by atoms with Crippen molar-refractivity contribution in [2.45, 2.75) is 19.3 Å². The van der Waals surface area contributed by atoms with Gasteiger partial charge in [0.05, 0.1) is 22.7 Å². The zero-order chi connectivity index (χ0) is 21.1. The fourth-order valence-corrected chi connectivity index (χ4v) is 2.72. The maximum Gasteiger partial charge on any atom is 0.239 e. The number of likely N-dealkylation sites (N-methyl/N-ethyl adjacent to an activating group) is 1. The molecule has 0 unspecified atom stereocenters. The van der Waals surface area contributed by atoms with Crippen molar-refractivity contribution in [1.82, 2.24) is 4.90 Å². The van der Waals surface area contributed by atoms with Crippen molar-refractivity contribution in [3.63, 3.8) is 0 Å². The maximum absolute atomic E-state index is 14.5. The Hall–Kier alpha value is -3.47. The van der Waals surface area contributed by atoms with Crippen LogP contribution >= 0.6 is 0 Å². The molecule has 0 aliphatic rings. The van der Waals surface area contributed by atoms with Gasteiger partial charge in [0.1, 0.15) is 11.6 Å². The second-order valence-corrected chi connectivity index (χ2v) is 6.70. The number of amides is 1. The largest absolute Gasteiger partial charge is 0.369 e. The van der Waals surface area contributed by atoms with Crippen LogP contribution in [0.1, 0.15) is 25.0 Å². The molecule has 0 aromatic heterocycles. The number of halogens is 2. The third-order valence-electron chi connectivity index (χ3n) is 4.43. The molecule has 6 nitrogen and oxygen atoms in total. The smallest absolute Gasteiger partial charge is 0.239 e. The Morgan fingerprint density at radius 1 is 1.21 bits per heavy atom. The Morgan fingerprint density at radius 3 is 2.46 bits per heavy atom. The Labute approximate surface area is 162 Å². The predicted molar refractivity (Wildman–Crippen MR) is 104 cm³/mol. The number of carbonyl (C=O) groups excluding carboxylic acids is 1. The van der Waals surface area contributed by atoms with Gasteiger partial charge in [0, 0.05) is 25.3 Å². The van der Waals surface area contributed by atoms with Gasteiger partial charge in [0.15, 0.2) is 5.96 Å². The van der Waals surface area contributed by atoms with Crippen molar-refractivity contribution in [3.8, 4) is 6.07 Å². The lowest BCUT2D eigenvalue weighted by atomic mass is 9.82. The molecule has 28 heavy (non-hydrogen) atoms. The number of nitriles is 1. The molecule has 2 rings (SSSR count). The highest BCUT2D eigenvalue weighted by Gasteiger charge is 2.36. The fourth-order valence-electron chi connectivity index (χ4n) is 2.72. The molecule has 0 radical (unpaired) electrons. The molecular weight excluding hydrogens is 364 g/mol. The molecule has 0 saturated carbocycles. The second-order valence-electron chi connectivity index (χ2n) is 6.70. The first-order chi connectivity index (χ1) is 13.1. The van der Waals surface area contributed by atoms with E-state index >= 15 is 0 Å². The molecule has 1 amide bonds. The van der Waals surface area contributed by atoms with Gasteiger partial charge in [-0.05, 0) is 50.2 Å². The van der Waals surface area contributed by atoms with Crippen LogP contribution in [0.3, 0.4) is 0 Å². The monoisotopic (exact) mass is 385 g/mol. The van der Waals surface area contributed by atoms with Crippen molar-refractivity contribution >= 4 is 23.2 Å². The van der Waals surface area contributed by atoms with Crippen molar-refractivity contribution in [2.75, 3.05) is 19.4 Å². The first-order valence-electron chi connectivity index (χ1n) is 8.39. The molecule has 0 saturated heterocycles.